The molecule has 0 bridgehead atoms. The Morgan fingerprint density at radius 1 is 1.25 bits per heavy atom. The highest BCUT2D eigenvalue weighted by atomic mass is 19.1. The van der Waals surface area contributed by atoms with Crippen molar-refractivity contribution in [3.05, 3.63) is 47.9 Å². The molecule has 1 heterocycles. The first kappa shape index (κ1) is 10.6. The topological polar surface area (TPSA) is 22.1 Å². The molecule has 0 radical (unpaired) electrons. The molecule has 0 saturated heterocycles. The second kappa shape index (κ2) is 4.31. The molecule has 82 valence electrons. The van der Waals surface area contributed by atoms with Gasteiger partial charge in [0.15, 0.2) is 0 Å². The molecule has 0 spiro atoms. The van der Waals surface area contributed by atoms with Crippen LogP contribution in [0, 0.1) is 12.7 Å². The molecule has 2 nitrogen and oxygen atoms in total. The second-order valence-corrected chi connectivity index (χ2v) is 3.53. The van der Waals surface area contributed by atoms with Gasteiger partial charge >= 0.3 is 0 Å². The van der Waals surface area contributed by atoms with Gasteiger partial charge in [0.2, 0.25) is 5.88 Å². The zero-order chi connectivity index (χ0) is 11.5. The fourth-order valence-corrected chi connectivity index (χ4v) is 1.62. The first-order valence-corrected chi connectivity index (χ1v) is 4.98. The van der Waals surface area contributed by atoms with Crippen LogP contribution in [0.1, 0.15) is 5.56 Å². The number of hydrogen-bond donors (Lipinski definition) is 0. The molecule has 1 aromatic heterocycles. The number of halogens is 1. The third-order valence-electron chi connectivity index (χ3n) is 2.41. The van der Waals surface area contributed by atoms with Crippen LogP contribution in [0.4, 0.5) is 4.39 Å². The van der Waals surface area contributed by atoms with E-state index in [-0.39, 0.29) is 5.82 Å². The van der Waals surface area contributed by atoms with Crippen LogP contribution in [0.2, 0.25) is 0 Å². The van der Waals surface area contributed by atoms with Crippen LogP contribution in [0.15, 0.2) is 36.5 Å². The maximum Gasteiger partial charge on any atom is 0.215 e. The SMILES string of the molecule is COc1ncc(-c2ccccc2F)cc1C. The number of ether oxygens (including phenoxy) is 1. The van der Waals surface area contributed by atoms with Gasteiger partial charge in [0.1, 0.15) is 5.82 Å². The van der Waals surface area contributed by atoms with Gasteiger partial charge in [-0.3, -0.25) is 0 Å². The Hall–Kier alpha value is -1.90. The lowest BCUT2D eigenvalue weighted by Gasteiger charge is -2.07. The summed E-state index contributed by atoms with van der Waals surface area (Å²) in [6, 6.07) is 8.51. The van der Waals surface area contributed by atoms with E-state index >= 15 is 0 Å². The van der Waals surface area contributed by atoms with Gasteiger partial charge in [0, 0.05) is 22.9 Å². The van der Waals surface area contributed by atoms with E-state index in [4.69, 9.17) is 4.74 Å². The standard InChI is InChI=1S/C13H12FNO/c1-9-7-10(8-15-13(9)16-2)11-5-3-4-6-12(11)14/h3-8H,1-2H3. The lowest BCUT2D eigenvalue weighted by atomic mass is 10.1. The summed E-state index contributed by atoms with van der Waals surface area (Å²) in [7, 11) is 1.57. The van der Waals surface area contributed by atoms with E-state index in [9.17, 15) is 4.39 Å². The van der Waals surface area contributed by atoms with Crippen molar-refractivity contribution in [1.29, 1.82) is 0 Å². The van der Waals surface area contributed by atoms with Crippen molar-refractivity contribution in [2.75, 3.05) is 7.11 Å². The van der Waals surface area contributed by atoms with Crippen molar-refractivity contribution in [3.63, 3.8) is 0 Å². The van der Waals surface area contributed by atoms with E-state index in [1.54, 1.807) is 31.5 Å². The number of pyridine rings is 1. The molecule has 16 heavy (non-hydrogen) atoms. The Kier molecular flexibility index (Phi) is 2.86. The minimum Gasteiger partial charge on any atom is -0.481 e. The van der Waals surface area contributed by atoms with Crippen LogP contribution in [0.3, 0.4) is 0 Å². The molecule has 0 saturated carbocycles. The molecule has 0 fully saturated rings. The Morgan fingerprint density at radius 3 is 2.62 bits per heavy atom. The van der Waals surface area contributed by atoms with Crippen molar-refractivity contribution in [1.82, 2.24) is 4.98 Å². The van der Waals surface area contributed by atoms with Gasteiger partial charge in [-0.15, -0.1) is 0 Å². The van der Waals surface area contributed by atoms with E-state index in [1.165, 1.54) is 6.07 Å². The third kappa shape index (κ3) is 1.89. The first-order chi connectivity index (χ1) is 7.72. The van der Waals surface area contributed by atoms with Crippen molar-refractivity contribution in [2.45, 2.75) is 6.92 Å². The molecule has 0 N–H and O–H groups in total. The quantitative estimate of drug-likeness (QED) is 0.770. The summed E-state index contributed by atoms with van der Waals surface area (Å²) in [5.74, 6) is 0.328. The lowest BCUT2D eigenvalue weighted by molar-refractivity contribution is 0.394. The molecule has 2 rings (SSSR count). The minimum absolute atomic E-state index is 0.242. The number of benzene rings is 1. The molecule has 3 heteroatoms. The third-order valence-corrected chi connectivity index (χ3v) is 2.41. The van der Waals surface area contributed by atoms with Gasteiger partial charge in [0.05, 0.1) is 7.11 Å². The Bertz CT molecular complexity index is 511. The molecular weight excluding hydrogens is 205 g/mol. The zero-order valence-corrected chi connectivity index (χ0v) is 9.20. The fourth-order valence-electron chi connectivity index (χ4n) is 1.62. The van der Waals surface area contributed by atoms with E-state index in [0.29, 0.717) is 11.4 Å². The van der Waals surface area contributed by atoms with Crippen LogP contribution in [0.25, 0.3) is 11.1 Å². The summed E-state index contributed by atoms with van der Waals surface area (Å²) in [6.45, 7) is 1.89. The van der Waals surface area contributed by atoms with Crippen molar-refractivity contribution in [2.24, 2.45) is 0 Å². The van der Waals surface area contributed by atoms with Gasteiger partial charge in [-0.25, -0.2) is 9.37 Å². The number of rotatable bonds is 2. The molecule has 1 aromatic carbocycles. The summed E-state index contributed by atoms with van der Waals surface area (Å²) in [6.07, 6.45) is 1.62. The molecular formula is C13H12FNO. The molecule has 0 atom stereocenters. The molecule has 0 aliphatic heterocycles. The van der Waals surface area contributed by atoms with E-state index in [2.05, 4.69) is 4.98 Å². The normalized spacial score (nSPS) is 10.2. The van der Waals surface area contributed by atoms with Crippen LogP contribution in [-0.4, -0.2) is 12.1 Å². The highest BCUT2D eigenvalue weighted by molar-refractivity contribution is 5.64. The molecule has 2 aromatic rings. The maximum absolute atomic E-state index is 13.5. The van der Waals surface area contributed by atoms with Gasteiger partial charge in [-0.2, -0.15) is 0 Å². The number of methoxy groups -OCH3 is 1. The van der Waals surface area contributed by atoms with Gasteiger partial charge < -0.3 is 4.74 Å². The van der Waals surface area contributed by atoms with Crippen LogP contribution in [-0.2, 0) is 0 Å². The van der Waals surface area contributed by atoms with E-state index < -0.39 is 0 Å². The monoisotopic (exact) mass is 217 g/mol. The fraction of sp³-hybridized carbons (Fsp3) is 0.154. The van der Waals surface area contributed by atoms with Crippen molar-refractivity contribution in [3.8, 4) is 17.0 Å². The molecule has 0 unspecified atom stereocenters. The van der Waals surface area contributed by atoms with Crippen molar-refractivity contribution >= 4 is 0 Å². The molecule has 0 aliphatic rings. The van der Waals surface area contributed by atoms with Gasteiger partial charge in [-0.1, -0.05) is 18.2 Å². The smallest absolute Gasteiger partial charge is 0.215 e. The number of aromatic nitrogens is 1. The average Bonchev–Trinajstić information content (AvgIpc) is 2.29. The summed E-state index contributed by atoms with van der Waals surface area (Å²) in [4.78, 5) is 4.13. The second-order valence-electron chi connectivity index (χ2n) is 3.53. The summed E-state index contributed by atoms with van der Waals surface area (Å²) >= 11 is 0. The minimum atomic E-state index is -0.242. The number of nitrogens with zero attached hydrogens (tertiary/aromatic N) is 1. The largest absolute Gasteiger partial charge is 0.481 e. The summed E-state index contributed by atoms with van der Waals surface area (Å²) < 4.78 is 18.6. The predicted molar refractivity (Wildman–Crippen MR) is 60.9 cm³/mol. The first-order valence-electron chi connectivity index (χ1n) is 4.98. The Labute approximate surface area is 93.7 Å². The predicted octanol–water partition coefficient (Wildman–Crippen LogP) is 3.20. The van der Waals surface area contributed by atoms with E-state index in [0.717, 1.165) is 11.1 Å². The van der Waals surface area contributed by atoms with Crippen LogP contribution in [0.5, 0.6) is 5.88 Å². The summed E-state index contributed by atoms with van der Waals surface area (Å²) in [5.41, 5.74) is 2.21. The highest BCUT2D eigenvalue weighted by Gasteiger charge is 2.07. The zero-order valence-electron chi connectivity index (χ0n) is 9.20. The Morgan fingerprint density at radius 2 is 2.00 bits per heavy atom. The summed E-state index contributed by atoms with van der Waals surface area (Å²) in [5, 5.41) is 0. The van der Waals surface area contributed by atoms with Crippen molar-refractivity contribution < 1.29 is 9.13 Å². The average molecular weight is 217 g/mol. The number of aryl methyl sites for hydroxylation is 1. The maximum atomic E-state index is 13.5. The highest BCUT2D eigenvalue weighted by Crippen LogP contribution is 2.25. The number of hydrogen-bond acceptors (Lipinski definition) is 2. The van der Waals surface area contributed by atoms with Gasteiger partial charge in [0.25, 0.3) is 0 Å². The Balaban J connectivity index is 2.50. The molecule has 0 aliphatic carbocycles. The van der Waals surface area contributed by atoms with E-state index in [1.807, 2.05) is 13.0 Å². The van der Waals surface area contributed by atoms with Gasteiger partial charge in [-0.05, 0) is 19.1 Å². The molecule has 0 amide bonds. The lowest BCUT2D eigenvalue weighted by Crippen LogP contribution is -1.92. The van der Waals surface area contributed by atoms with Crippen LogP contribution < -0.4 is 4.74 Å². The van der Waals surface area contributed by atoms with Crippen LogP contribution >= 0.6 is 0 Å².